The molecule has 0 amide bonds. The van der Waals surface area contributed by atoms with Crippen LogP contribution in [0.4, 0.5) is 8.78 Å². The molecule has 1 aromatic carbocycles. The Morgan fingerprint density at radius 3 is 2.67 bits per heavy atom. The smallest absolute Gasteiger partial charge is 0.149 e. The van der Waals surface area contributed by atoms with E-state index in [1.807, 2.05) is 6.92 Å². The molecule has 0 aliphatic carbocycles. The maximum atomic E-state index is 14.3. The third kappa shape index (κ3) is 2.67. The lowest BCUT2D eigenvalue weighted by Crippen LogP contribution is -2.30. The molecular formula is C11H14ClF2N. The molecule has 0 heterocycles. The Morgan fingerprint density at radius 1 is 1.47 bits per heavy atom. The van der Waals surface area contributed by atoms with Gasteiger partial charge < -0.3 is 5.73 Å². The molecule has 0 aromatic heterocycles. The Bertz CT molecular complexity index is 343. The molecule has 1 rings (SSSR count). The molecule has 0 spiro atoms. The Labute approximate surface area is 93.2 Å². The second-order valence-electron chi connectivity index (χ2n) is 3.54. The number of hydrogen-bond acceptors (Lipinski definition) is 1. The van der Waals surface area contributed by atoms with Crippen LogP contribution in [0, 0.1) is 5.82 Å². The predicted octanol–water partition coefficient (Wildman–Crippen LogP) is 3.40. The first-order valence-electron chi connectivity index (χ1n) is 4.88. The Morgan fingerprint density at radius 2 is 2.13 bits per heavy atom. The van der Waals surface area contributed by atoms with Crippen molar-refractivity contribution in [3.05, 3.63) is 34.6 Å². The lowest BCUT2D eigenvalue weighted by Gasteiger charge is -2.24. The molecule has 15 heavy (non-hydrogen) atoms. The monoisotopic (exact) mass is 233 g/mol. The summed E-state index contributed by atoms with van der Waals surface area (Å²) in [5, 5.41) is 0.220. The molecule has 84 valence electrons. The van der Waals surface area contributed by atoms with E-state index in [-0.39, 0.29) is 23.6 Å². The van der Waals surface area contributed by atoms with Gasteiger partial charge in [0.1, 0.15) is 11.5 Å². The fourth-order valence-electron chi connectivity index (χ4n) is 1.58. The quantitative estimate of drug-likeness (QED) is 0.848. The number of nitrogens with two attached hydrogens (primary N) is 1. The van der Waals surface area contributed by atoms with Crippen molar-refractivity contribution in [1.29, 1.82) is 0 Å². The maximum absolute atomic E-state index is 14.3. The van der Waals surface area contributed by atoms with Crippen molar-refractivity contribution in [3.63, 3.8) is 0 Å². The van der Waals surface area contributed by atoms with Gasteiger partial charge in [-0.2, -0.15) is 0 Å². The standard InChI is InChI=1S/C11H14ClF2N/c1-2-5-11(14,7-15)9-6-8(13)3-4-10(9)12/h3-4,6H,2,5,7,15H2,1H3. The summed E-state index contributed by atoms with van der Waals surface area (Å²) in [5.74, 6) is -0.499. The largest absolute Gasteiger partial charge is 0.327 e. The lowest BCUT2D eigenvalue weighted by atomic mass is 9.91. The second kappa shape index (κ2) is 4.90. The van der Waals surface area contributed by atoms with Crippen molar-refractivity contribution < 1.29 is 8.78 Å². The van der Waals surface area contributed by atoms with E-state index >= 15 is 0 Å². The van der Waals surface area contributed by atoms with Gasteiger partial charge in [-0.15, -0.1) is 0 Å². The summed E-state index contributed by atoms with van der Waals surface area (Å²) < 4.78 is 27.3. The van der Waals surface area contributed by atoms with E-state index in [0.29, 0.717) is 6.42 Å². The van der Waals surface area contributed by atoms with Crippen LogP contribution >= 0.6 is 11.6 Å². The fraction of sp³-hybridized carbons (Fsp3) is 0.455. The average Bonchev–Trinajstić information content (AvgIpc) is 2.22. The minimum atomic E-state index is -1.73. The summed E-state index contributed by atoms with van der Waals surface area (Å²) in [6, 6.07) is 3.67. The molecule has 0 aliphatic rings. The Balaban J connectivity index is 3.16. The van der Waals surface area contributed by atoms with Crippen molar-refractivity contribution >= 4 is 11.6 Å². The van der Waals surface area contributed by atoms with Crippen LogP contribution in [0.25, 0.3) is 0 Å². The Hall–Kier alpha value is -0.670. The number of halogens is 3. The van der Waals surface area contributed by atoms with Crippen LogP contribution in [0.5, 0.6) is 0 Å². The summed E-state index contributed by atoms with van der Waals surface area (Å²) in [6.45, 7) is 1.65. The van der Waals surface area contributed by atoms with Crippen LogP contribution < -0.4 is 5.73 Å². The highest BCUT2D eigenvalue weighted by molar-refractivity contribution is 6.31. The molecule has 0 saturated carbocycles. The van der Waals surface area contributed by atoms with E-state index < -0.39 is 11.5 Å². The minimum Gasteiger partial charge on any atom is -0.327 e. The average molecular weight is 234 g/mol. The zero-order valence-electron chi connectivity index (χ0n) is 8.56. The van der Waals surface area contributed by atoms with Crippen molar-refractivity contribution in [1.82, 2.24) is 0 Å². The fourth-order valence-corrected chi connectivity index (χ4v) is 1.87. The topological polar surface area (TPSA) is 26.0 Å². The SMILES string of the molecule is CCCC(F)(CN)c1cc(F)ccc1Cl. The summed E-state index contributed by atoms with van der Waals surface area (Å²) in [6.07, 6.45) is 0.868. The summed E-state index contributed by atoms with van der Waals surface area (Å²) in [5.41, 5.74) is 3.81. The molecule has 1 aromatic rings. The van der Waals surface area contributed by atoms with Crippen LogP contribution in [0.15, 0.2) is 18.2 Å². The van der Waals surface area contributed by atoms with Crippen LogP contribution in [0.1, 0.15) is 25.3 Å². The van der Waals surface area contributed by atoms with Crippen LogP contribution in [0.2, 0.25) is 5.02 Å². The predicted molar refractivity (Wildman–Crippen MR) is 58.2 cm³/mol. The van der Waals surface area contributed by atoms with Gasteiger partial charge >= 0.3 is 0 Å². The molecule has 0 radical (unpaired) electrons. The van der Waals surface area contributed by atoms with Gasteiger partial charge in [0.2, 0.25) is 0 Å². The molecule has 0 fully saturated rings. The number of rotatable bonds is 4. The van der Waals surface area contributed by atoms with Gasteiger partial charge in [-0.25, -0.2) is 8.78 Å². The van der Waals surface area contributed by atoms with Gasteiger partial charge in [0.15, 0.2) is 0 Å². The number of benzene rings is 1. The van der Waals surface area contributed by atoms with Gasteiger partial charge in [-0.05, 0) is 24.6 Å². The van der Waals surface area contributed by atoms with Crippen molar-refractivity contribution in [3.8, 4) is 0 Å². The molecule has 1 nitrogen and oxygen atoms in total. The van der Waals surface area contributed by atoms with Crippen LogP contribution in [-0.4, -0.2) is 6.54 Å². The van der Waals surface area contributed by atoms with E-state index in [0.717, 1.165) is 6.07 Å². The van der Waals surface area contributed by atoms with Crippen molar-refractivity contribution in [2.75, 3.05) is 6.54 Å². The van der Waals surface area contributed by atoms with Crippen LogP contribution in [-0.2, 0) is 5.67 Å². The summed E-state index contributed by atoms with van der Waals surface area (Å²) in [7, 11) is 0. The summed E-state index contributed by atoms with van der Waals surface area (Å²) in [4.78, 5) is 0. The van der Waals surface area contributed by atoms with E-state index in [9.17, 15) is 8.78 Å². The van der Waals surface area contributed by atoms with Crippen molar-refractivity contribution in [2.24, 2.45) is 5.73 Å². The highest BCUT2D eigenvalue weighted by Crippen LogP contribution is 2.35. The first-order chi connectivity index (χ1) is 7.03. The highest BCUT2D eigenvalue weighted by atomic mass is 35.5. The van der Waals surface area contributed by atoms with Crippen LogP contribution in [0.3, 0.4) is 0 Å². The molecule has 0 saturated heterocycles. The summed E-state index contributed by atoms with van der Waals surface area (Å²) >= 11 is 5.83. The van der Waals surface area contributed by atoms with Crippen molar-refractivity contribution in [2.45, 2.75) is 25.4 Å². The van der Waals surface area contributed by atoms with E-state index in [4.69, 9.17) is 17.3 Å². The molecule has 0 bridgehead atoms. The molecule has 4 heteroatoms. The van der Waals surface area contributed by atoms with E-state index in [1.54, 1.807) is 0 Å². The normalized spacial score (nSPS) is 15.0. The van der Waals surface area contributed by atoms with E-state index in [2.05, 4.69) is 0 Å². The maximum Gasteiger partial charge on any atom is 0.149 e. The molecule has 0 aliphatic heterocycles. The zero-order valence-corrected chi connectivity index (χ0v) is 9.32. The highest BCUT2D eigenvalue weighted by Gasteiger charge is 2.31. The first kappa shape index (κ1) is 12.4. The third-order valence-corrected chi connectivity index (χ3v) is 2.71. The van der Waals surface area contributed by atoms with Gasteiger partial charge in [0, 0.05) is 17.1 Å². The molecule has 1 atom stereocenters. The van der Waals surface area contributed by atoms with Gasteiger partial charge in [-0.1, -0.05) is 24.9 Å². The van der Waals surface area contributed by atoms with E-state index in [1.165, 1.54) is 12.1 Å². The molecule has 1 unspecified atom stereocenters. The number of alkyl halides is 1. The minimum absolute atomic E-state index is 0.147. The first-order valence-corrected chi connectivity index (χ1v) is 5.26. The van der Waals surface area contributed by atoms with Gasteiger partial charge in [0.25, 0.3) is 0 Å². The lowest BCUT2D eigenvalue weighted by molar-refractivity contribution is 0.159. The molecule has 2 N–H and O–H groups in total. The van der Waals surface area contributed by atoms with Gasteiger partial charge in [0.05, 0.1) is 0 Å². The zero-order chi connectivity index (χ0) is 11.5. The Kier molecular flexibility index (Phi) is 4.05. The van der Waals surface area contributed by atoms with Gasteiger partial charge in [-0.3, -0.25) is 0 Å². The third-order valence-electron chi connectivity index (χ3n) is 2.38. The second-order valence-corrected chi connectivity index (χ2v) is 3.95. The molecular weight excluding hydrogens is 220 g/mol. The number of hydrogen-bond donors (Lipinski definition) is 1.